The molecule has 5 heteroatoms. The second-order valence-electron chi connectivity index (χ2n) is 7.61. The number of pyridine rings is 1. The maximum atomic E-state index is 5.15. The number of fused-ring (bicyclic) bond motifs is 1. The molecule has 0 aromatic carbocycles. The third-order valence-electron chi connectivity index (χ3n) is 6.16. The first-order valence-electron chi connectivity index (χ1n) is 9.93. The quantitative estimate of drug-likeness (QED) is 0.765. The molecule has 3 aliphatic rings. The van der Waals surface area contributed by atoms with E-state index in [2.05, 4.69) is 51.8 Å². The van der Waals surface area contributed by atoms with Gasteiger partial charge in [-0.15, -0.1) is 0 Å². The summed E-state index contributed by atoms with van der Waals surface area (Å²) in [5.41, 5.74) is 2.52. The summed E-state index contributed by atoms with van der Waals surface area (Å²) in [7, 11) is 0. The van der Waals surface area contributed by atoms with Crippen molar-refractivity contribution in [2.24, 2.45) is 4.99 Å². The van der Waals surface area contributed by atoms with Crippen molar-refractivity contribution < 1.29 is 0 Å². The van der Waals surface area contributed by atoms with Crippen LogP contribution in [-0.2, 0) is 0 Å². The van der Waals surface area contributed by atoms with Crippen molar-refractivity contribution in [3.05, 3.63) is 54.1 Å². The van der Waals surface area contributed by atoms with Crippen LogP contribution in [0.5, 0.6) is 0 Å². The van der Waals surface area contributed by atoms with Gasteiger partial charge in [-0.2, -0.15) is 0 Å². The third kappa shape index (κ3) is 2.59. The van der Waals surface area contributed by atoms with Gasteiger partial charge in [0.2, 0.25) is 0 Å². The number of hydrogen-bond acceptors (Lipinski definition) is 4. The van der Waals surface area contributed by atoms with E-state index in [0.717, 1.165) is 11.4 Å². The molecule has 0 N–H and O–H groups in total. The van der Waals surface area contributed by atoms with E-state index in [4.69, 9.17) is 4.99 Å². The molecule has 3 atom stereocenters. The Balaban J connectivity index is 1.58. The van der Waals surface area contributed by atoms with Crippen molar-refractivity contribution in [1.82, 2.24) is 14.5 Å². The lowest BCUT2D eigenvalue weighted by Gasteiger charge is -2.33. The van der Waals surface area contributed by atoms with E-state index < -0.39 is 0 Å². The lowest BCUT2D eigenvalue weighted by molar-refractivity contribution is 0.241. The Labute approximate surface area is 159 Å². The molecule has 0 unspecified atom stereocenters. The summed E-state index contributed by atoms with van der Waals surface area (Å²) in [5.74, 6) is 1.16. The minimum absolute atomic E-state index is 0.100. The molecule has 0 amide bonds. The number of thioether (sulfide) groups is 1. The van der Waals surface area contributed by atoms with Crippen LogP contribution >= 0.6 is 11.8 Å². The van der Waals surface area contributed by atoms with E-state index in [1.807, 2.05) is 24.0 Å². The minimum Gasteiger partial charge on any atom is -0.346 e. The largest absolute Gasteiger partial charge is 0.346 e. The molecule has 0 bridgehead atoms. The second kappa shape index (κ2) is 6.76. The average Bonchev–Trinajstić information content (AvgIpc) is 3.43. The summed E-state index contributed by atoms with van der Waals surface area (Å²) < 4.78 is 2.56. The number of aliphatic imine (C=N–C) groups is 1. The number of rotatable bonds is 4. The monoisotopic (exact) mass is 366 g/mol. The van der Waals surface area contributed by atoms with E-state index in [1.54, 1.807) is 0 Å². The summed E-state index contributed by atoms with van der Waals surface area (Å²) in [6, 6.07) is 12.4. The Morgan fingerprint density at radius 3 is 2.81 bits per heavy atom. The number of amidine groups is 1. The summed E-state index contributed by atoms with van der Waals surface area (Å²) in [6.07, 6.45) is 10.7. The molecule has 136 valence electrons. The van der Waals surface area contributed by atoms with Gasteiger partial charge in [-0.25, -0.2) is 0 Å². The fraction of sp³-hybridized carbons (Fsp3) is 0.524. The lowest BCUT2D eigenvalue weighted by atomic mass is 9.99. The Kier molecular flexibility index (Phi) is 4.27. The molecule has 2 aliphatic heterocycles. The van der Waals surface area contributed by atoms with Crippen molar-refractivity contribution in [3.8, 4) is 0 Å². The van der Waals surface area contributed by atoms with Crippen molar-refractivity contribution in [2.75, 3.05) is 5.75 Å². The van der Waals surface area contributed by atoms with Crippen LogP contribution in [0.3, 0.4) is 0 Å². The highest BCUT2D eigenvalue weighted by atomic mass is 32.2. The standard InChI is InChI=1S/C21H26N4S/c1-2-15-14-26-21-23-19(17-10-5-6-12-22-17)20(25(15)21)18-11-7-13-24(18)16-8-3-4-9-16/h5-7,10-13,15-16,19-20H,2-4,8-9,14H2,1H3/t15-,19+,20+/m0/s1. The summed E-state index contributed by atoms with van der Waals surface area (Å²) in [4.78, 5) is 12.4. The Morgan fingerprint density at radius 2 is 2.04 bits per heavy atom. The van der Waals surface area contributed by atoms with Gasteiger partial charge in [0.15, 0.2) is 5.17 Å². The van der Waals surface area contributed by atoms with Gasteiger partial charge in [0, 0.05) is 35.9 Å². The number of aromatic nitrogens is 2. The molecule has 2 aromatic rings. The lowest BCUT2D eigenvalue weighted by Crippen LogP contribution is -2.36. The number of hydrogen-bond donors (Lipinski definition) is 0. The smallest absolute Gasteiger partial charge is 0.160 e. The van der Waals surface area contributed by atoms with Gasteiger partial charge in [-0.3, -0.25) is 9.98 Å². The molecular formula is C21H26N4S. The van der Waals surface area contributed by atoms with Crippen molar-refractivity contribution in [1.29, 1.82) is 0 Å². The van der Waals surface area contributed by atoms with Crippen molar-refractivity contribution >= 4 is 16.9 Å². The molecule has 2 aromatic heterocycles. The summed E-state index contributed by atoms with van der Waals surface area (Å²) >= 11 is 1.92. The fourth-order valence-electron chi connectivity index (χ4n) is 4.84. The van der Waals surface area contributed by atoms with Gasteiger partial charge in [-0.05, 0) is 43.5 Å². The predicted molar refractivity (Wildman–Crippen MR) is 107 cm³/mol. The molecule has 2 fully saturated rings. The Bertz CT molecular complexity index is 793. The van der Waals surface area contributed by atoms with E-state index in [0.29, 0.717) is 12.1 Å². The van der Waals surface area contributed by atoms with Gasteiger partial charge in [0.25, 0.3) is 0 Å². The van der Waals surface area contributed by atoms with Gasteiger partial charge in [-0.1, -0.05) is 37.6 Å². The zero-order chi connectivity index (χ0) is 17.5. The second-order valence-corrected chi connectivity index (χ2v) is 8.60. The van der Waals surface area contributed by atoms with Gasteiger partial charge in [0.05, 0.1) is 11.7 Å². The van der Waals surface area contributed by atoms with Gasteiger partial charge < -0.3 is 9.47 Å². The predicted octanol–water partition coefficient (Wildman–Crippen LogP) is 4.98. The first-order valence-corrected chi connectivity index (χ1v) is 10.9. The molecule has 4 nitrogen and oxygen atoms in total. The third-order valence-corrected chi connectivity index (χ3v) is 7.29. The van der Waals surface area contributed by atoms with Gasteiger partial charge in [0.1, 0.15) is 6.04 Å². The first kappa shape index (κ1) is 16.4. The zero-order valence-corrected chi connectivity index (χ0v) is 16.1. The van der Waals surface area contributed by atoms with Gasteiger partial charge >= 0.3 is 0 Å². The summed E-state index contributed by atoms with van der Waals surface area (Å²) in [5, 5.41) is 1.22. The molecule has 1 saturated heterocycles. The number of nitrogens with zero attached hydrogens (tertiary/aromatic N) is 4. The molecular weight excluding hydrogens is 340 g/mol. The Hall–Kier alpha value is -1.75. The highest BCUT2D eigenvalue weighted by Gasteiger charge is 2.46. The van der Waals surface area contributed by atoms with Crippen LogP contribution in [0.25, 0.3) is 0 Å². The van der Waals surface area contributed by atoms with Crippen LogP contribution in [-0.4, -0.2) is 31.4 Å². The van der Waals surface area contributed by atoms with Crippen LogP contribution in [0.1, 0.15) is 68.5 Å². The Morgan fingerprint density at radius 1 is 1.15 bits per heavy atom. The van der Waals surface area contributed by atoms with Crippen LogP contribution in [0.4, 0.5) is 0 Å². The normalized spacial score (nSPS) is 28.6. The van der Waals surface area contributed by atoms with Crippen LogP contribution in [0.15, 0.2) is 47.7 Å². The SMILES string of the molecule is CC[C@H]1CSC2=N[C@H](c3ccccn3)[C@@H](c3cccn3C3CCCC3)N21. The van der Waals surface area contributed by atoms with E-state index >= 15 is 0 Å². The highest BCUT2D eigenvalue weighted by Crippen LogP contribution is 2.49. The van der Waals surface area contributed by atoms with Crippen LogP contribution in [0, 0.1) is 0 Å². The van der Waals surface area contributed by atoms with Crippen molar-refractivity contribution in [3.63, 3.8) is 0 Å². The fourth-order valence-corrected chi connectivity index (χ4v) is 6.18. The molecule has 4 heterocycles. The first-order chi connectivity index (χ1) is 12.9. The van der Waals surface area contributed by atoms with E-state index in [1.165, 1.54) is 43.0 Å². The molecule has 5 rings (SSSR count). The van der Waals surface area contributed by atoms with E-state index in [-0.39, 0.29) is 12.1 Å². The molecule has 26 heavy (non-hydrogen) atoms. The minimum atomic E-state index is 0.100. The summed E-state index contributed by atoms with van der Waals surface area (Å²) in [6.45, 7) is 2.30. The maximum absolute atomic E-state index is 5.15. The average molecular weight is 367 g/mol. The maximum Gasteiger partial charge on any atom is 0.160 e. The molecule has 1 saturated carbocycles. The van der Waals surface area contributed by atoms with Crippen LogP contribution < -0.4 is 0 Å². The van der Waals surface area contributed by atoms with Crippen LogP contribution in [0.2, 0.25) is 0 Å². The highest BCUT2D eigenvalue weighted by molar-refractivity contribution is 8.14. The molecule has 0 spiro atoms. The topological polar surface area (TPSA) is 33.4 Å². The zero-order valence-electron chi connectivity index (χ0n) is 15.3. The van der Waals surface area contributed by atoms with E-state index in [9.17, 15) is 0 Å². The molecule has 0 radical (unpaired) electrons. The van der Waals surface area contributed by atoms with Crippen molar-refractivity contribution in [2.45, 2.75) is 63.2 Å². The molecule has 1 aliphatic carbocycles.